The minimum Gasteiger partial charge on any atom is -0.507 e. The van der Waals surface area contributed by atoms with Crippen LogP contribution in [0.25, 0.3) is 16.7 Å². The van der Waals surface area contributed by atoms with E-state index in [1.165, 1.54) is 19.1 Å². The van der Waals surface area contributed by atoms with Crippen LogP contribution in [0.4, 0.5) is 5.69 Å². The lowest BCUT2D eigenvalue weighted by Crippen LogP contribution is -2.29. The third-order valence-electron chi connectivity index (χ3n) is 6.42. The molecule has 37 heavy (non-hydrogen) atoms. The number of aromatic amines is 1. The van der Waals surface area contributed by atoms with E-state index >= 15 is 0 Å². The number of ether oxygens (including phenoxy) is 3. The number of hydrogen-bond acceptors (Lipinski definition) is 6. The number of Topliss-reactive ketones (excluding diaryl/α,β-unsaturated/α-hetero) is 1. The summed E-state index contributed by atoms with van der Waals surface area (Å²) in [6.45, 7) is 2.25. The van der Waals surface area contributed by atoms with Crippen molar-refractivity contribution in [1.82, 2.24) is 4.98 Å². The van der Waals surface area contributed by atoms with Crippen molar-refractivity contribution in [3.8, 4) is 17.2 Å². The molecule has 1 amide bonds. The molecule has 1 atom stereocenters. The van der Waals surface area contributed by atoms with Gasteiger partial charge >= 0.3 is 0 Å². The number of rotatable bonds is 7. The second-order valence-electron chi connectivity index (χ2n) is 8.46. The van der Waals surface area contributed by atoms with Crippen molar-refractivity contribution in [2.75, 3.05) is 25.7 Å². The number of nitrogens with zero attached hydrogens (tertiary/aromatic N) is 1. The van der Waals surface area contributed by atoms with Gasteiger partial charge in [-0.15, -0.1) is 0 Å². The van der Waals surface area contributed by atoms with Gasteiger partial charge in [-0.1, -0.05) is 30.3 Å². The zero-order valence-corrected chi connectivity index (χ0v) is 20.6. The summed E-state index contributed by atoms with van der Waals surface area (Å²) < 4.78 is 16.5. The van der Waals surface area contributed by atoms with Crippen molar-refractivity contribution in [3.63, 3.8) is 0 Å². The SMILES string of the molecule is CCOc1cc(C2/C(=C(/O)c3c[nH]c4ccccc34)C(=O)C(=O)N2c2cccc(OC)c2)ccc1OC. The molecule has 5 rings (SSSR count). The quantitative estimate of drug-likeness (QED) is 0.206. The first-order valence-electron chi connectivity index (χ1n) is 11.8. The zero-order chi connectivity index (χ0) is 26.1. The number of benzene rings is 3. The third kappa shape index (κ3) is 4.06. The van der Waals surface area contributed by atoms with E-state index < -0.39 is 17.7 Å². The third-order valence-corrected chi connectivity index (χ3v) is 6.42. The topological polar surface area (TPSA) is 101 Å². The molecule has 4 aromatic rings. The lowest BCUT2D eigenvalue weighted by atomic mass is 9.94. The summed E-state index contributed by atoms with van der Waals surface area (Å²) in [5.74, 6) is -0.302. The highest BCUT2D eigenvalue weighted by atomic mass is 16.5. The van der Waals surface area contributed by atoms with E-state index in [4.69, 9.17) is 14.2 Å². The summed E-state index contributed by atoms with van der Waals surface area (Å²) in [4.78, 5) is 31.5. The van der Waals surface area contributed by atoms with Crippen molar-refractivity contribution in [3.05, 3.63) is 89.6 Å². The Hall–Kier alpha value is -4.72. The largest absolute Gasteiger partial charge is 0.507 e. The van der Waals surface area contributed by atoms with Crippen molar-refractivity contribution in [2.24, 2.45) is 0 Å². The van der Waals surface area contributed by atoms with E-state index in [-0.39, 0.29) is 11.3 Å². The fourth-order valence-electron chi connectivity index (χ4n) is 4.72. The van der Waals surface area contributed by atoms with Crippen LogP contribution >= 0.6 is 0 Å². The monoisotopic (exact) mass is 498 g/mol. The molecule has 0 bridgehead atoms. The Morgan fingerprint density at radius 2 is 1.78 bits per heavy atom. The fraction of sp³-hybridized carbons (Fsp3) is 0.172. The smallest absolute Gasteiger partial charge is 0.300 e. The number of carbonyl (C=O) groups excluding carboxylic acids is 2. The van der Waals surface area contributed by atoms with E-state index in [9.17, 15) is 14.7 Å². The van der Waals surface area contributed by atoms with E-state index in [1.54, 1.807) is 48.7 Å². The van der Waals surface area contributed by atoms with Crippen molar-refractivity contribution >= 4 is 34.0 Å². The molecule has 3 aromatic carbocycles. The summed E-state index contributed by atoms with van der Waals surface area (Å²) in [5, 5.41) is 12.3. The minimum absolute atomic E-state index is 0.0230. The second-order valence-corrected chi connectivity index (χ2v) is 8.46. The molecule has 1 fully saturated rings. The number of aliphatic hydroxyl groups excluding tert-OH is 1. The van der Waals surface area contributed by atoms with E-state index in [1.807, 2.05) is 31.2 Å². The van der Waals surface area contributed by atoms with E-state index in [0.717, 1.165) is 10.9 Å². The minimum atomic E-state index is -0.925. The van der Waals surface area contributed by atoms with Gasteiger partial charge in [-0.3, -0.25) is 14.5 Å². The molecule has 2 N–H and O–H groups in total. The molecular weight excluding hydrogens is 472 g/mol. The standard InChI is InChI=1S/C29H26N2O6/c1-4-37-24-14-17(12-13-23(24)36-3)26-25(27(32)21-16-30-22-11-6-5-10-20(21)22)28(33)29(34)31(26)18-8-7-9-19(15-18)35-2/h5-16,26,30,32H,4H2,1-3H3/b27-25-. The molecule has 1 aliphatic heterocycles. The summed E-state index contributed by atoms with van der Waals surface area (Å²) in [5.41, 5.74) is 2.24. The van der Waals surface area contributed by atoms with Gasteiger partial charge in [0.1, 0.15) is 11.5 Å². The Balaban J connectivity index is 1.76. The number of fused-ring (bicyclic) bond motifs is 1. The van der Waals surface area contributed by atoms with Crippen molar-refractivity contribution in [1.29, 1.82) is 0 Å². The van der Waals surface area contributed by atoms with Crippen LogP contribution in [0.5, 0.6) is 17.2 Å². The Morgan fingerprint density at radius 3 is 2.54 bits per heavy atom. The number of amides is 1. The summed E-state index contributed by atoms with van der Waals surface area (Å²) >= 11 is 0. The van der Waals surface area contributed by atoms with Gasteiger partial charge in [0.05, 0.1) is 32.4 Å². The number of aliphatic hydroxyl groups is 1. The molecule has 1 aromatic heterocycles. The number of para-hydroxylation sites is 1. The first kappa shape index (κ1) is 24.0. The molecule has 2 heterocycles. The van der Waals surface area contributed by atoms with Crippen LogP contribution in [-0.2, 0) is 9.59 Å². The molecule has 188 valence electrons. The van der Waals surface area contributed by atoms with Crippen LogP contribution in [0.15, 0.2) is 78.5 Å². The summed E-state index contributed by atoms with van der Waals surface area (Å²) in [7, 11) is 3.07. The van der Waals surface area contributed by atoms with Gasteiger partial charge in [-0.05, 0) is 42.8 Å². The van der Waals surface area contributed by atoms with Crippen LogP contribution in [0.3, 0.4) is 0 Å². The van der Waals surface area contributed by atoms with Gasteiger partial charge in [0.15, 0.2) is 11.5 Å². The zero-order valence-electron chi connectivity index (χ0n) is 20.6. The summed E-state index contributed by atoms with van der Waals surface area (Å²) in [6, 6.07) is 18.6. The first-order chi connectivity index (χ1) is 18.0. The average Bonchev–Trinajstić information content (AvgIpc) is 3.47. The predicted octanol–water partition coefficient (Wildman–Crippen LogP) is 5.21. The first-order valence-corrected chi connectivity index (χ1v) is 11.8. The molecule has 1 aliphatic rings. The predicted molar refractivity (Wildman–Crippen MR) is 140 cm³/mol. The van der Waals surface area contributed by atoms with E-state index in [0.29, 0.717) is 40.7 Å². The van der Waals surface area contributed by atoms with Gasteiger partial charge in [0, 0.05) is 34.4 Å². The molecule has 0 radical (unpaired) electrons. The molecular formula is C29H26N2O6. The number of anilines is 1. The molecule has 0 spiro atoms. The van der Waals surface area contributed by atoms with Gasteiger partial charge in [0.2, 0.25) is 0 Å². The lowest BCUT2D eigenvalue weighted by Gasteiger charge is -2.26. The number of nitrogens with one attached hydrogen (secondary N) is 1. The van der Waals surface area contributed by atoms with Crippen LogP contribution in [0, 0.1) is 0 Å². The Kier molecular flexibility index (Phi) is 6.31. The normalized spacial score (nSPS) is 16.8. The number of methoxy groups -OCH3 is 2. The number of H-pyrrole nitrogens is 1. The maximum Gasteiger partial charge on any atom is 0.300 e. The maximum atomic E-state index is 13.5. The van der Waals surface area contributed by atoms with Crippen molar-refractivity contribution < 1.29 is 28.9 Å². The van der Waals surface area contributed by atoms with Gasteiger partial charge in [-0.25, -0.2) is 0 Å². The number of carbonyl (C=O) groups is 2. The molecule has 0 aliphatic carbocycles. The number of hydrogen-bond donors (Lipinski definition) is 2. The highest BCUT2D eigenvalue weighted by Crippen LogP contribution is 2.45. The average molecular weight is 499 g/mol. The van der Waals surface area contributed by atoms with Crippen LogP contribution in [0.1, 0.15) is 24.1 Å². The van der Waals surface area contributed by atoms with Crippen LogP contribution in [-0.4, -0.2) is 42.6 Å². The molecule has 8 nitrogen and oxygen atoms in total. The Morgan fingerprint density at radius 1 is 0.973 bits per heavy atom. The van der Waals surface area contributed by atoms with Gasteiger partial charge in [0.25, 0.3) is 11.7 Å². The Bertz CT molecular complexity index is 1540. The van der Waals surface area contributed by atoms with Crippen molar-refractivity contribution in [2.45, 2.75) is 13.0 Å². The van der Waals surface area contributed by atoms with Crippen LogP contribution < -0.4 is 19.1 Å². The van der Waals surface area contributed by atoms with Gasteiger partial charge in [-0.2, -0.15) is 0 Å². The fourth-order valence-corrected chi connectivity index (χ4v) is 4.72. The molecule has 8 heteroatoms. The maximum absolute atomic E-state index is 13.5. The molecule has 1 saturated heterocycles. The van der Waals surface area contributed by atoms with Crippen LogP contribution in [0.2, 0.25) is 0 Å². The van der Waals surface area contributed by atoms with Gasteiger partial charge < -0.3 is 24.3 Å². The summed E-state index contributed by atoms with van der Waals surface area (Å²) in [6.07, 6.45) is 1.63. The Labute approximate surface area is 213 Å². The lowest BCUT2D eigenvalue weighted by molar-refractivity contribution is -0.132. The highest BCUT2D eigenvalue weighted by molar-refractivity contribution is 6.51. The molecule has 0 saturated carbocycles. The van der Waals surface area contributed by atoms with E-state index in [2.05, 4.69) is 4.98 Å². The number of aromatic nitrogens is 1. The highest BCUT2D eigenvalue weighted by Gasteiger charge is 2.47. The molecule has 1 unspecified atom stereocenters. The second kappa shape index (κ2) is 9.73. The number of ketones is 1.